The second-order valence-corrected chi connectivity index (χ2v) is 8.11. The zero-order valence-corrected chi connectivity index (χ0v) is 15.5. The first-order chi connectivity index (χ1) is 13.7. The molecule has 28 heavy (non-hydrogen) atoms. The first-order valence-corrected chi connectivity index (χ1v) is 9.96. The van der Waals surface area contributed by atoms with E-state index in [0.29, 0.717) is 11.3 Å². The van der Waals surface area contributed by atoms with E-state index in [-0.39, 0.29) is 17.6 Å². The molecule has 2 aliphatic heterocycles. The number of anilines is 2. The SMILES string of the molecule is O=C1CS[C@@]2(C(=O)Nc3ccccc32)N1c1ccc2c(c1)oc1ccccc12. The fourth-order valence-electron chi connectivity index (χ4n) is 4.23. The maximum atomic E-state index is 13.0. The van der Waals surface area contributed by atoms with Gasteiger partial charge < -0.3 is 9.73 Å². The van der Waals surface area contributed by atoms with Crippen molar-refractivity contribution in [2.24, 2.45) is 0 Å². The highest BCUT2D eigenvalue weighted by molar-refractivity contribution is 8.02. The zero-order valence-electron chi connectivity index (χ0n) is 14.6. The maximum absolute atomic E-state index is 13.0. The van der Waals surface area contributed by atoms with E-state index in [0.717, 1.165) is 27.6 Å². The number of para-hydroxylation sites is 2. The number of rotatable bonds is 1. The van der Waals surface area contributed by atoms with E-state index in [1.807, 2.05) is 66.7 Å². The number of nitrogens with zero attached hydrogens (tertiary/aromatic N) is 1. The molecule has 136 valence electrons. The van der Waals surface area contributed by atoms with Gasteiger partial charge in [-0.25, -0.2) is 0 Å². The van der Waals surface area contributed by atoms with E-state index in [9.17, 15) is 9.59 Å². The zero-order chi connectivity index (χ0) is 18.9. The molecule has 0 aliphatic carbocycles. The summed E-state index contributed by atoms with van der Waals surface area (Å²) in [5.74, 6) is -0.0264. The summed E-state index contributed by atoms with van der Waals surface area (Å²) >= 11 is 1.36. The van der Waals surface area contributed by atoms with E-state index in [1.165, 1.54) is 11.8 Å². The molecule has 3 aromatic carbocycles. The smallest absolute Gasteiger partial charge is 0.266 e. The van der Waals surface area contributed by atoms with Gasteiger partial charge in [0.2, 0.25) is 10.8 Å². The Balaban J connectivity index is 1.57. The van der Waals surface area contributed by atoms with Crippen molar-refractivity contribution in [3.05, 3.63) is 72.3 Å². The Kier molecular flexibility index (Phi) is 3.04. The molecule has 0 bridgehead atoms. The van der Waals surface area contributed by atoms with Crippen molar-refractivity contribution in [1.82, 2.24) is 0 Å². The van der Waals surface area contributed by atoms with E-state index in [2.05, 4.69) is 5.32 Å². The normalized spacial score (nSPS) is 21.1. The number of furan rings is 1. The van der Waals surface area contributed by atoms with Gasteiger partial charge in [-0.15, -0.1) is 11.8 Å². The predicted molar refractivity (Wildman–Crippen MR) is 110 cm³/mol. The summed E-state index contributed by atoms with van der Waals surface area (Å²) in [4.78, 5) is 26.5. The Morgan fingerprint density at radius 1 is 0.929 bits per heavy atom. The van der Waals surface area contributed by atoms with Gasteiger partial charge in [0.15, 0.2) is 0 Å². The molecule has 1 fully saturated rings. The van der Waals surface area contributed by atoms with Crippen LogP contribution in [0, 0.1) is 0 Å². The average Bonchev–Trinajstić information content (AvgIpc) is 3.34. The van der Waals surface area contributed by atoms with E-state index in [4.69, 9.17) is 4.42 Å². The minimum Gasteiger partial charge on any atom is -0.456 e. The molecular weight excluding hydrogens is 372 g/mol. The van der Waals surface area contributed by atoms with E-state index in [1.54, 1.807) is 4.90 Å². The van der Waals surface area contributed by atoms with Crippen LogP contribution in [0.2, 0.25) is 0 Å². The predicted octanol–water partition coefficient (Wildman–Crippen LogP) is 4.47. The standard InChI is InChI=1S/C22H14N2O3S/c25-20-12-28-22(16-6-2-3-7-17(16)23-21(22)26)24(20)13-9-10-15-14-5-1-4-8-18(14)27-19(15)11-13/h1-11H,12H2,(H,23,26)/t22-/m0/s1. The molecule has 6 rings (SSSR count). The fraction of sp³-hybridized carbons (Fsp3) is 0.0909. The van der Waals surface area contributed by atoms with Gasteiger partial charge >= 0.3 is 0 Å². The molecule has 1 spiro atoms. The first kappa shape index (κ1) is 15.8. The number of thioether (sulfide) groups is 1. The molecule has 0 radical (unpaired) electrons. The third kappa shape index (κ3) is 1.88. The minimum absolute atomic E-state index is 0.0904. The molecule has 0 saturated carbocycles. The molecule has 1 atom stereocenters. The maximum Gasteiger partial charge on any atom is 0.266 e. The first-order valence-electron chi connectivity index (χ1n) is 8.98. The van der Waals surface area contributed by atoms with Gasteiger partial charge in [0.05, 0.1) is 5.75 Å². The van der Waals surface area contributed by atoms with Crippen molar-refractivity contribution in [2.45, 2.75) is 4.87 Å². The number of carbonyl (C=O) groups excluding carboxylic acids is 2. The molecule has 6 heteroatoms. The van der Waals surface area contributed by atoms with Crippen LogP contribution in [0.15, 0.2) is 71.1 Å². The van der Waals surface area contributed by atoms with Crippen molar-refractivity contribution < 1.29 is 14.0 Å². The highest BCUT2D eigenvalue weighted by atomic mass is 32.2. The van der Waals surface area contributed by atoms with Crippen LogP contribution in [-0.4, -0.2) is 17.6 Å². The number of fused-ring (bicyclic) bond motifs is 5. The monoisotopic (exact) mass is 386 g/mol. The summed E-state index contributed by atoms with van der Waals surface area (Å²) < 4.78 is 5.99. The van der Waals surface area contributed by atoms with Crippen molar-refractivity contribution in [1.29, 1.82) is 0 Å². The Labute approximate surface area is 164 Å². The lowest BCUT2D eigenvalue weighted by Gasteiger charge is -2.32. The molecule has 4 aromatic rings. The summed E-state index contributed by atoms with van der Waals surface area (Å²) in [5.41, 5.74) is 3.74. The Morgan fingerprint density at radius 2 is 1.71 bits per heavy atom. The number of carbonyl (C=O) groups is 2. The van der Waals surface area contributed by atoms with E-state index >= 15 is 0 Å². The largest absolute Gasteiger partial charge is 0.456 e. The van der Waals surface area contributed by atoms with Gasteiger partial charge in [0.25, 0.3) is 5.91 Å². The number of nitrogens with one attached hydrogen (secondary N) is 1. The van der Waals surface area contributed by atoms with Gasteiger partial charge in [0, 0.05) is 33.8 Å². The Hall–Kier alpha value is -3.25. The minimum atomic E-state index is -1.08. The summed E-state index contributed by atoms with van der Waals surface area (Å²) in [5, 5.41) is 4.95. The van der Waals surface area contributed by atoms with Crippen molar-refractivity contribution in [2.75, 3.05) is 16.0 Å². The second kappa shape index (κ2) is 5.39. The van der Waals surface area contributed by atoms with Gasteiger partial charge in [-0.2, -0.15) is 0 Å². The quantitative estimate of drug-likeness (QED) is 0.524. The highest BCUT2D eigenvalue weighted by Gasteiger charge is 2.58. The van der Waals surface area contributed by atoms with Crippen LogP contribution < -0.4 is 10.2 Å². The second-order valence-electron chi connectivity index (χ2n) is 6.94. The van der Waals surface area contributed by atoms with Crippen LogP contribution in [0.4, 0.5) is 11.4 Å². The molecule has 1 saturated heterocycles. The van der Waals surface area contributed by atoms with Crippen LogP contribution >= 0.6 is 11.8 Å². The van der Waals surface area contributed by atoms with Gasteiger partial charge in [0.1, 0.15) is 11.2 Å². The lowest BCUT2D eigenvalue weighted by molar-refractivity contribution is -0.122. The number of benzene rings is 3. The number of hydrogen-bond donors (Lipinski definition) is 1. The topological polar surface area (TPSA) is 62.6 Å². The highest BCUT2D eigenvalue weighted by Crippen LogP contribution is 2.53. The van der Waals surface area contributed by atoms with Crippen molar-refractivity contribution in [3.63, 3.8) is 0 Å². The molecular formula is C22H14N2O3S. The van der Waals surface area contributed by atoms with E-state index < -0.39 is 4.87 Å². The van der Waals surface area contributed by atoms with Crippen LogP contribution in [0.1, 0.15) is 5.56 Å². The third-order valence-corrected chi connectivity index (χ3v) is 6.83. The third-order valence-electron chi connectivity index (χ3n) is 5.44. The Bertz CT molecular complexity index is 1310. The van der Waals surface area contributed by atoms with Crippen LogP contribution in [0.3, 0.4) is 0 Å². The van der Waals surface area contributed by atoms with Crippen LogP contribution in [0.25, 0.3) is 21.9 Å². The average molecular weight is 386 g/mol. The fourth-order valence-corrected chi connectivity index (χ4v) is 5.55. The lowest BCUT2D eigenvalue weighted by Crippen LogP contribution is -2.47. The summed E-state index contributed by atoms with van der Waals surface area (Å²) in [6.45, 7) is 0. The van der Waals surface area contributed by atoms with Crippen LogP contribution in [0.5, 0.6) is 0 Å². The molecule has 1 aromatic heterocycles. The summed E-state index contributed by atoms with van der Waals surface area (Å²) in [6, 6.07) is 21.1. The molecule has 1 N–H and O–H groups in total. The summed E-state index contributed by atoms with van der Waals surface area (Å²) in [6.07, 6.45) is 0. The van der Waals surface area contributed by atoms with Crippen LogP contribution in [-0.2, 0) is 14.5 Å². The summed E-state index contributed by atoms with van der Waals surface area (Å²) in [7, 11) is 0. The Morgan fingerprint density at radius 3 is 2.64 bits per heavy atom. The molecule has 3 heterocycles. The number of hydrogen-bond acceptors (Lipinski definition) is 4. The van der Waals surface area contributed by atoms with Gasteiger partial charge in [-0.1, -0.05) is 36.4 Å². The van der Waals surface area contributed by atoms with Crippen molar-refractivity contribution >= 4 is 56.9 Å². The molecule has 2 amide bonds. The molecule has 0 unspecified atom stereocenters. The molecule has 2 aliphatic rings. The number of amides is 2. The van der Waals surface area contributed by atoms with Gasteiger partial charge in [-0.05, 0) is 24.3 Å². The molecule has 5 nitrogen and oxygen atoms in total. The van der Waals surface area contributed by atoms with Crippen molar-refractivity contribution in [3.8, 4) is 0 Å². The van der Waals surface area contributed by atoms with Gasteiger partial charge in [-0.3, -0.25) is 14.5 Å². The lowest BCUT2D eigenvalue weighted by atomic mass is 10.0.